The molecule has 3 heteroatoms. The Bertz CT molecular complexity index is 185. The molecule has 1 N–H and O–H groups in total. The highest BCUT2D eigenvalue weighted by Crippen LogP contribution is 2.10. The van der Waals surface area contributed by atoms with Crippen molar-refractivity contribution in [1.82, 2.24) is 0 Å². The third kappa shape index (κ3) is 4.08. The summed E-state index contributed by atoms with van der Waals surface area (Å²) in [6, 6.07) is 0. The summed E-state index contributed by atoms with van der Waals surface area (Å²) >= 11 is 0. The predicted molar refractivity (Wildman–Crippen MR) is 51.3 cm³/mol. The van der Waals surface area contributed by atoms with Gasteiger partial charge in [0.25, 0.3) is 0 Å². The van der Waals surface area contributed by atoms with Crippen molar-refractivity contribution in [2.24, 2.45) is 0 Å². The Morgan fingerprint density at radius 3 is 2.54 bits per heavy atom. The highest BCUT2D eigenvalue weighted by atomic mass is 16.5. The van der Waals surface area contributed by atoms with Crippen LogP contribution in [0.2, 0.25) is 0 Å². The minimum atomic E-state index is -1.08. The molecule has 13 heavy (non-hydrogen) atoms. The molecular weight excluding hydrogens is 168 g/mol. The summed E-state index contributed by atoms with van der Waals surface area (Å²) in [6.07, 6.45) is 3.40. The Morgan fingerprint density at radius 1 is 1.54 bits per heavy atom. The van der Waals surface area contributed by atoms with E-state index in [2.05, 4.69) is 4.74 Å². The number of aliphatic hydroxyl groups excluding tert-OH is 1. The van der Waals surface area contributed by atoms with Gasteiger partial charge in [0.15, 0.2) is 6.10 Å². The van der Waals surface area contributed by atoms with E-state index in [9.17, 15) is 9.90 Å². The zero-order chi connectivity index (χ0) is 10.3. The highest BCUT2D eigenvalue weighted by molar-refractivity contribution is 5.77. The molecule has 0 aliphatic rings. The smallest absolute Gasteiger partial charge is 0.339 e. The summed E-state index contributed by atoms with van der Waals surface area (Å²) in [4.78, 5) is 11.0. The number of hydrogen-bond donors (Lipinski definition) is 1. The van der Waals surface area contributed by atoms with Crippen molar-refractivity contribution in [1.29, 1.82) is 0 Å². The van der Waals surface area contributed by atoms with E-state index in [0.29, 0.717) is 6.42 Å². The highest BCUT2D eigenvalue weighted by Gasteiger charge is 2.18. The van der Waals surface area contributed by atoms with Crippen LogP contribution in [-0.2, 0) is 9.53 Å². The molecule has 1 atom stereocenters. The van der Waals surface area contributed by atoms with Crippen molar-refractivity contribution in [3.05, 3.63) is 11.6 Å². The lowest BCUT2D eigenvalue weighted by Gasteiger charge is -2.10. The third-order valence-corrected chi connectivity index (χ3v) is 1.88. The average Bonchev–Trinajstić information content (AvgIpc) is 2.17. The average molecular weight is 186 g/mol. The summed E-state index contributed by atoms with van der Waals surface area (Å²) in [7, 11) is 1.28. The quantitative estimate of drug-likeness (QED) is 0.524. The molecule has 0 radical (unpaired) electrons. The maximum absolute atomic E-state index is 11.0. The molecule has 0 heterocycles. The monoisotopic (exact) mass is 186 g/mol. The fourth-order valence-electron chi connectivity index (χ4n) is 1.04. The Balaban J connectivity index is 4.30. The molecule has 0 aromatic heterocycles. The first-order chi connectivity index (χ1) is 6.17. The van der Waals surface area contributed by atoms with Crippen LogP contribution >= 0.6 is 0 Å². The summed E-state index contributed by atoms with van der Waals surface area (Å²) in [5, 5.41) is 9.46. The van der Waals surface area contributed by atoms with Crippen LogP contribution in [0.1, 0.15) is 33.1 Å². The van der Waals surface area contributed by atoms with Crippen LogP contribution in [0.15, 0.2) is 11.6 Å². The minimum absolute atomic E-state index is 0.579. The standard InChI is InChI=1S/C10H18O3/c1-4-6-7-8(5-2)9(11)10(12)13-3/h7,9,11H,4-6H2,1-3H3. The lowest BCUT2D eigenvalue weighted by Crippen LogP contribution is -2.23. The number of ether oxygens (including phenoxy) is 1. The molecule has 0 bridgehead atoms. The van der Waals surface area contributed by atoms with E-state index in [0.717, 1.165) is 18.4 Å². The molecule has 3 nitrogen and oxygen atoms in total. The number of rotatable bonds is 5. The number of carbonyl (C=O) groups is 1. The lowest BCUT2D eigenvalue weighted by molar-refractivity contribution is -0.148. The van der Waals surface area contributed by atoms with Crippen molar-refractivity contribution in [3.63, 3.8) is 0 Å². The van der Waals surface area contributed by atoms with Gasteiger partial charge in [0, 0.05) is 0 Å². The molecule has 0 saturated heterocycles. The van der Waals surface area contributed by atoms with Crippen molar-refractivity contribution >= 4 is 5.97 Å². The van der Waals surface area contributed by atoms with Gasteiger partial charge >= 0.3 is 5.97 Å². The summed E-state index contributed by atoms with van der Waals surface area (Å²) in [5.41, 5.74) is 0.744. The van der Waals surface area contributed by atoms with Crippen molar-refractivity contribution in [3.8, 4) is 0 Å². The van der Waals surface area contributed by atoms with Crippen LogP contribution in [-0.4, -0.2) is 24.3 Å². The molecule has 0 aromatic carbocycles. The van der Waals surface area contributed by atoms with Crippen LogP contribution in [0.25, 0.3) is 0 Å². The second-order valence-electron chi connectivity index (χ2n) is 2.85. The fraction of sp³-hybridized carbons (Fsp3) is 0.700. The van der Waals surface area contributed by atoms with Crippen molar-refractivity contribution in [2.45, 2.75) is 39.2 Å². The summed E-state index contributed by atoms with van der Waals surface area (Å²) in [5.74, 6) is -0.579. The SMILES string of the molecule is CCCC=C(CC)C(O)C(=O)OC. The molecule has 0 spiro atoms. The molecule has 1 unspecified atom stereocenters. The second kappa shape index (κ2) is 6.66. The van der Waals surface area contributed by atoms with Gasteiger partial charge in [0.1, 0.15) is 0 Å². The van der Waals surface area contributed by atoms with E-state index in [4.69, 9.17) is 0 Å². The second-order valence-corrected chi connectivity index (χ2v) is 2.85. The number of hydrogen-bond acceptors (Lipinski definition) is 3. The van der Waals surface area contributed by atoms with Crippen LogP contribution < -0.4 is 0 Å². The van der Waals surface area contributed by atoms with Crippen molar-refractivity contribution in [2.75, 3.05) is 7.11 Å². The normalized spacial score (nSPS) is 14.0. The molecule has 0 aliphatic carbocycles. The van der Waals surface area contributed by atoms with Gasteiger partial charge in [-0.2, -0.15) is 0 Å². The van der Waals surface area contributed by atoms with E-state index in [1.807, 2.05) is 19.9 Å². The number of methoxy groups -OCH3 is 1. The Morgan fingerprint density at radius 2 is 2.15 bits per heavy atom. The molecule has 76 valence electrons. The van der Waals surface area contributed by atoms with Gasteiger partial charge in [-0.25, -0.2) is 4.79 Å². The third-order valence-electron chi connectivity index (χ3n) is 1.88. The van der Waals surface area contributed by atoms with Gasteiger partial charge in [-0.05, 0) is 18.4 Å². The lowest BCUT2D eigenvalue weighted by atomic mass is 10.1. The maximum atomic E-state index is 11.0. The molecular formula is C10H18O3. The topological polar surface area (TPSA) is 46.5 Å². The number of carbonyl (C=O) groups excluding carboxylic acids is 1. The predicted octanol–water partition coefficient (Wildman–Crippen LogP) is 1.66. The Kier molecular flexibility index (Phi) is 6.24. The van der Waals surface area contributed by atoms with Gasteiger partial charge in [-0.3, -0.25) is 0 Å². The van der Waals surface area contributed by atoms with Gasteiger partial charge in [0.05, 0.1) is 7.11 Å². The van der Waals surface area contributed by atoms with E-state index in [1.165, 1.54) is 7.11 Å². The fourth-order valence-corrected chi connectivity index (χ4v) is 1.04. The largest absolute Gasteiger partial charge is 0.467 e. The van der Waals surface area contributed by atoms with Gasteiger partial charge < -0.3 is 9.84 Å². The first-order valence-electron chi connectivity index (χ1n) is 4.62. The molecule has 0 rings (SSSR count). The number of unbranched alkanes of at least 4 members (excludes halogenated alkanes) is 1. The van der Waals surface area contributed by atoms with Crippen LogP contribution in [0.4, 0.5) is 0 Å². The molecule has 0 aliphatic heterocycles. The van der Waals surface area contributed by atoms with Gasteiger partial charge in [0.2, 0.25) is 0 Å². The van der Waals surface area contributed by atoms with Gasteiger partial charge in [-0.1, -0.05) is 26.3 Å². The maximum Gasteiger partial charge on any atom is 0.339 e. The summed E-state index contributed by atoms with van der Waals surface area (Å²) in [6.45, 7) is 3.96. The van der Waals surface area contributed by atoms with Crippen molar-refractivity contribution < 1.29 is 14.6 Å². The number of aliphatic hydroxyl groups is 1. The summed E-state index contributed by atoms with van der Waals surface area (Å²) < 4.78 is 4.44. The van der Waals surface area contributed by atoms with E-state index < -0.39 is 12.1 Å². The van der Waals surface area contributed by atoms with E-state index in [-0.39, 0.29) is 0 Å². The zero-order valence-corrected chi connectivity index (χ0v) is 8.54. The van der Waals surface area contributed by atoms with Crippen LogP contribution in [0.5, 0.6) is 0 Å². The molecule has 0 saturated carbocycles. The number of allylic oxidation sites excluding steroid dienone is 1. The molecule has 0 aromatic rings. The van der Waals surface area contributed by atoms with Gasteiger partial charge in [-0.15, -0.1) is 0 Å². The molecule has 0 amide bonds. The minimum Gasteiger partial charge on any atom is -0.467 e. The van der Waals surface area contributed by atoms with Crippen LogP contribution in [0, 0.1) is 0 Å². The van der Waals surface area contributed by atoms with Crippen LogP contribution in [0.3, 0.4) is 0 Å². The number of esters is 1. The first-order valence-corrected chi connectivity index (χ1v) is 4.62. The first kappa shape index (κ1) is 12.2. The Labute approximate surface area is 79.4 Å². The zero-order valence-electron chi connectivity index (χ0n) is 8.54. The Hall–Kier alpha value is -0.830. The molecule has 0 fully saturated rings. The van der Waals surface area contributed by atoms with E-state index in [1.54, 1.807) is 0 Å². The van der Waals surface area contributed by atoms with E-state index >= 15 is 0 Å².